The Balaban J connectivity index is 1.87. The molecule has 2 unspecified atom stereocenters. The number of nitrogens with one attached hydrogen (secondary N) is 2. The molecule has 100 valence electrons. The van der Waals surface area contributed by atoms with Gasteiger partial charge in [-0.3, -0.25) is 0 Å². The molecule has 0 amide bonds. The van der Waals surface area contributed by atoms with E-state index in [9.17, 15) is 0 Å². The third-order valence-corrected chi connectivity index (χ3v) is 3.74. The van der Waals surface area contributed by atoms with Crippen molar-refractivity contribution < 1.29 is 0 Å². The first-order chi connectivity index (χ1) is 8.65. The summed E-state index contributed by atoms with van der Waals surface area (Å²) in [7, 11) is 0. The highest BCUT2D eigenvalue weighted by atomic mass is 35.5. The fraction of sp³-hybridized carbons (Fsp3) is 0.643. The molecule has 0 spiro atoms. The van der Waals surface area contributed by atoms with Crippen LogP contribution in [-0.4, -0.2) is 23.6 Å². The molecule has 2 rings (SSSR count). The minimum absolute atomic E-state index is 0.447. The van der Waals surface area contributed by atoms with Gasteiger partial charge in [-0.2, -0.15) is 0 Å². The second kappa shape index (κ2) is 6.39. The number of rotatable bonds is 4. The predicted molar refractivity (Wildman–Crippen MR) is 77.3 cm³/mol. The predicted octanol–water partition coefficient (Wildman–Crippen LogP) is 3.38. The van der Waals surface area contributed by atoms with E-state index >= 15 is 0 Å². The number of aryl methyl sites for hydroxylation is 1. The number of hydrogen-bond acceptors (Lipinski definition) is 3. The van der Waals surface area contributed by atoms with Gasteiger partial charge in [0.15, 0.2) is 0 Å². The van der Waals surface area contributed by atoms with Crippen LogP contribution >= 0.6 is 11.6 Å². The summed E-state index contributed by atoms with van der Waals surface area (Å²) in [6, 6.07) is 3.00. The van der Waals surface area contributed by atoms with Gasteiger partial charge in [-0.15, -0.1) is 0 Å². The van der Waals surface area contributed by atoms with Crippen molar-refractivity contribution in [3.05, 3.63) is 23.0 Å². The fourth-order valence-corrected chi connectivity index (χ4v) is 2.76. The van der Waals surface area contributed by atoms with Crippen molar-refractivity contribution in [2.24, 2.45) is 0 Å². The lowest BCUT2D eigenvalue weighted by molar-refractivity contribution is 0.371. The summed E-state index contributed by atoms with van der Waals surface area (Å²) >= 11 is 5.86. The van der Waals surface area contributed by atoms with Crippen molar-refractivity contribution in [1.82, 2.24) is 10.3 Å². The van der Waals surface area contributed by atoms with Gasteiger partial charge in [-0.05, 0) is 51.3 Å². The summed E-state index contributed by atoms with van der Waals surface area (Å²) in [6.45, 7) is 5.45. The SMILES string of the molecule is Cc1cc(Cl)ncc1NC(C)CC1CCCCN1. The summed E-state index contributed by atoms with van der Waals surface area (Å²) in [4.78, 5) is 4.13. The van der Waals surface area contributed by atoms with Gasteiger partial charge in [0.2, 0.25) is 0 Å². The first-order valence-electron chi connectivity index (χ1n) is 6.77. The monoisotopic (exact) mass is 267 g/mol. The minimum Gasteiger partial charge on any atom is -0.381 e. The fourth-order valence-electron chi connectivity index (χ4n) is 2.55. The zero-order valence-electron chi connectivity index (χ0n) is 11.2. The number of halogens is 1. The van der Waals surface area contributed by atoms with E-state index in [0.29, 0.717) is 17.2 Å². The number of anilines is 1. The molecule has 1 aromatic rings. The molecule has 3 nitrogen and oxygen atoms in total. The van der Waals surface area contributed by atoms with Gasteiger partial charge in [-0.1, -0.05) is 18.0 Å². The average molecular weight is 268 g/mol. The number of piperidine rings is 1. The van der Waals surface area contributed by atoms with E-state index < -0.39 is 0 Å². The van der Waals surface area contributed by atoms with E-state index in [2.05, 4.69) is 29.5 Å². The molecule has 2 N–H and O–H groups in total. The molecule has 1 fully saturated rings. The summed E-state index contributed by atoms with van der Waals surface area (Å²) in [5.74, 6) is 0. The number of nitrogens with zero attached hydrogens (tertiary/aromatic N) is 1. The van der Waals surface area contributed by atoms with Crippen LogP contribution in [0, 0.1) is 6.92 Å². The van der Waals surface area contributed by atoms with Crippen molar-refractivity contribution in [3.8, 4) is 0 Å². The highest BCUT2D eigenvalue weighted by Gasteiger charge is 2.16. The van der Waals surface area contributed by atoms with Crippen LogP contribution in [-0.2, 0) is 0 Å². The van der Waals surface area contributed by atoms with E-state index in [-0.39, 0.29) is 0 Å². The molecule has 18 heavy (non-hydrogen) atoms. The third kappa shape index (κ3) is 3.85. The maximum atomic E-state index is 5.86. The lowest BCUT2D eigenvalue weighted by Crippen LogP contribution is -2.37. The van der Waals surface area contributed by atoms with Crippen molar-refractivity contribution in [1.29, 1.82) is 0 Å². The molecular formula is C14H22ClN3. The average Bonchev–Trinajstić information content (AvgIpc) is 2.34. The lowest BCUT2D eigenvalue weighted by Gasteiger charge is -2.27. The third-order valence-electron chi connectivity index (χ3n) is 3.53. The van der Waals surface area contributed by atoms with Crippen molar-refractivity contribution in [2.75, 3.05) is 11.9 Å². The van der Waals surface area contributed by atoms with E-state index in [4.69, 9.17) is 11.6 Å². The molecule has 0 radical (unpaired) electrons. The maximum Gasteiger partial charge on any atom is 0.129 e. The van der Waals surface area contributed by atoms with Crippen molar-refractivity contribution in [3.63, 3.8) is 0 Å². The second-order valence-corrected chi connectivity index (χ2v) is 5.64. The van der Waals surface area contributed by atoms with E-state index in [0.717, 1.165) is 17.7 Å². The quantitative estimate of drug-likeness (QED) is 0.822. The van der Waals surface area contributed by atoms with E-state index in [1.807, 2.05) is 12.3 Å². The van der Waals surface area contributed by atoms with Crippen LogP contribution in [0.5, 0.6) is 0 Å². The zero-order valence-corrected chi connectivity index (χ0v) is 11.9. The molecule has 2 atom stereocenters. The molecule has 0 saturated carbocycles. The van der Waals surface area contributed by atoms with Crippen molar-refractivity contribution in [2.45, 2.75) is 51.6 Å². The Hall–Kier alpha value is -0.800. The van der Waals surface area contributed by atoms with Gasteiger partial charge in [0.1, 0.15) is 5.15 Å². The molecule has 2 heterocycles. The van der Waals surface area contributed by atoms with Crippen LogP contribution < -0.4 is 10.6 Å². The van der Waals surface area contributed by atoms with Gasteiger partial charge >= 0.3 is 0 Å². The molecule has 1 saturated heterocycles. The molecule has 0 aliphatic carbocycles. The zero-order chi connectivity index (χ0) is 13.0. The van der Waals surface area contributed by atoms with Gasteiger partial charge in [0, 0.05) is 12.1 Å². The maximum absolute atomic E-state index is 5.86. The topological polar surface area (TPSA) is 37.0 Å². The Labute approximate surface area is 114 Å². The highest BCUT2D eigenvalue weighted by molar-refractivity contribution is 6.29. The normalized spacial score (nSPS) is 21.6. The Morgan fingerprint density at radius 2 is 2.39 bits per heavy atom. The highest BCUT2D eigenvalue weighted by Crippen LogP contribution is 2.19. The number of pyridine rings is 1. The summed E-state index contributed by atoms with van der Waals surface area (Å²) in [5, 5.41) is 7.66. The van der Waals surface area contributed by atoms with Crippen LogP contribution in [0.25, 0.3) is 0 Å². The lowest BCUT2D eigenvalue weighted by atomic mass is 9.98. The van der Waals surface area contributed by atoms with Gasteiger partial charge in [0.25, 0.3) is 0 Å². The molecule has 4 heteroatoms. The Kier molecular flexibility index (Phi) is 4.84. The van der Waals surface area contributed by atoms with Crippen LogP contribution in [0.15, 0.2) is 12.3 Å². The molecule has 1 aliphatic heterocycles. The van der Waals surface area contributed by atoms with Crippen LogP contribution in [0.1, 0.15) is 38.2 Å². The van der Waals surface area contributed by atoms with E-state index in [1.54, 1.807) is 0 Å². The van der Waals surface area contributed by atoms with Crippen LogP contribution in [0.3, 0.4) is 0 Å². The van der Waals surface area contributed by atoms with Crippen LogP contribution in [0.4, 0.5) is 5.69 Å². The number of hydrogen-bond donors (Lipinski definition) is 2. The molecule has 1 aliphatic rings. The van der Waals surface area contributed by atoms with Gasteiger partial charge in [-0.25, -0.2) is 4.98 Å². The summed E-state index contributed by atoms with van der Waals surface area (Å²) < 4.78 is 0. The van der Waals surface area contributed by atoms with Gasteiger partial charge in [0.05, 0.1) is 11.9 Å². The smallest absolute Gasteiger partial charge is 0.129 e. The first kappa shape index (κ1) is 13.6. The number of aromatic nitrogens is 1. The summed E-state index contributed by atoms with van der Waals surface area (Å²) in [6.07, 6.45) is 6.94. The minimum atomic E-state index is 0.447. The largest absolute Gasteiger partial charge is 0.381 e. The van der Waals surface area contributed by atoms with Gasteiger partial charge < -0.3 is 10.6 Å². The summed E-state index contributed by atoms with van der Waals surface area (Å²) in [5.41, 5.74) is 2.24. The van der Waals surface area contributed by atoms with Crippen LogP contribution in [0.2, 0.25) is 5.15 Å². The first-order valence-corrected chi connectivity index (χ1v) is 7.15. The van der Waals surface area contributed by atoms with E-state index in [1.165, 1.54) is 25.8 Å². The Morgan fingerprint density at radius 1 is 1.56 bits per heavy atom. The molecule has 1 aromatic heterocycles. The molecule has 0 bridgehead atoms. The standard InChI is InChI=1S/C14H22ClN3/c1-10-7-14(15)17-9-13(10)18-11(2)8-12-5-3-4-6-16-12/h7,9,11-12,16,18H,3-6,8H2,1-2H3. The molecule has 0 aromatic carbocycles. The molecular weight excluding hydrogens is 246 g/mol. The van der Waals surface area contributed by atoms with Crippen molar-refractivity contribution >= 4 is 17.3 Å². The second-order valence-electron chi connectivity index (χ2n) is 5.25. The Morgan fingerprint density at radius 3 is 3.06 bits per heavy atom. The Bertz CT molecular complexity index is 389.